The SMILES string of the molecule is O=C1Oc2cccnc2OC(=O)c2ccccc21. The molecule has 5 nitrogen and oxygen atoms in total. The molecule has 0 amide bonds. The second-order valence-electron chi connectivity index (χ2n) is 3.63. The van der Waals surface area contributed by atoms with E-state index in [1.807, 2.05) is 0 Å². The van der Waals surface area contributed by atoms with Crippen molar-refractivity contribution in [1.82, 2.24) is 4.98 Å². The van der Waals surface area contributed by atoms with Crippen molar-refractivity contribution in [2.24, 2.45) is 0 Å². The Morgan fingerprint density at radius 2 is 1.50 bits per heavy atom. The molecule has 0 atom stereocenters. The second-order valence-corrected chi connectivity index (χ2v) is 3.63. The fourth-order valence-corrected chi connectivity index (χ4v) is 1.67. The van der Waals surface area contributed by atoms with E-state index in [2.05, 4.69) is 4.98 Å². The predicted octanol–water partition coefficient (Wildman–Crippen LogP) is 1.83. The van der Waals surface area contributed by atoms with Crippen molar-refractivity contribution in [3.63, 3.8) is 0 Å². The average Bonchev–Trinajstić information content (AvgIpc) is 2.39. The Labute approximate surface area is 102 Å². The van der Waals surface area contributed by atoms with Crippen LogP contribution < -0.4 is 9.47 Å². The molecular weight excluding hydrogens is 234 g/mol. The predicted molar refractivity (Wildman–Crippen MR) is 60.6 cm³/mol. The molecule has 0 fully saturated rings. The number of carbonyl (C=O) groups is 2. The van der Waals surface area contributed by atoms with E-state index in [1.165, 1.54) is 24.4 Å². The van der Waals surface area contributed by atoms with Crippen LogP contribution in [0.15, 0.2) is 42.6 Å². The summed E-state index contributed by atoms with van der Waals surface area (Å²) in [6, 6.07) is 9.43. The Bertz CT molecular complexity index is 595. The van der Waals surface area contributed by atoms with Crippen LogP contribution in [0.4, 0.5) is 0 Å². The standard InChI is InChI=1S/C13H7NO4/c15-12-8-4-1-2-5-9(8)13(16)18-11-10(17-12)6-3-7-14-11/h1-7H. The second kappa shape index (κ2) is 3.96. The molecule has 1 aliphatic heterocycles. The zero-order valence-corrected chi connectivity index (χ0v) is 9.12. The number of benzene rings is 1. The summed E-state index contributed by atoms with van der Waals surface area (Å²) < 4.78 is 10.2. The number of carbonyl (C=O) groups excluding carboxylic acids is 2. The summed E-state index contributed by atoms with van der Waals surface area (Å²) in [5.41, 5.74) is 0.343. The first kappa shape index (κ1) is 10.5. The van der Waals surface area contributed by atoms with Crippen LogP contribution in [0, 0.1) is 0 Å². The Morgan fingerprint density at radius 3 is 2.22 bits per heavy atom. The van der Waals surface area contributed by atoms with Crippen molar-refractivity contribution in [2.45, 2.75) is 0 Å². The maximum Gasteiger partial charge on any atom is 0.345 e. The van der Waals surface area contributed by atoms with Crippen LogP contribution in [0.2, 0.25) is 0 Å². The first-order chi connectivity index (χ1) is 8.75. The normalized spacial score (nSPS) is 13.6. The van der Waals surface area contributed by atoms with E-state index >= 15 is 0 Å². The van der Waals surface area contributed by atoms with Gasteiger partial charge >= 0.3 is 11.9 Å². The fourth-order valence-electron chi connectivity index (χ4n) is 1.67. The number of pyridine rings is 1. The van der Waals surface area contributed by atoms with Gasteiger partial charge in [0.2, 0.25) is 0 Å². The highest BCUT2D eigenvalue weighted by molar-refractivity contribution is 6.05. The molecule has 0 spiro atoms. The molecule has 0 bridgehead atoms. The molecule has 0 saturated heterocycles. The summed E-state index contributed by atoms with van der Waals surface area (Å²) in [7, 11) is 0. The van der Waals surface area contributed by atoms with E-state index in [0.29, 0.717) is 0 Å². The largest absolute Gasteiger partial charge is 0.417 e. The third kappa shape index (κ3) is 1.62. The molecule has 0 N–H and O–H groups in total. The number of aromatic nitrogens is 1. The highest BCUT2D eigenvalue weighted by Crippen LogP contribution is 2.28. The Balaban J connectivity index is 2.16. The van der Waals surface area contributed by atoms with Crippen LogP contribution in [0.5, 0.6) is 11.6 Å². The number of ether oxygens (including phenoxy) is 2. The van der Waals surface area contributed by atoms with Crippen LogP contribution in [0.1, 0.15) is 20.7 Å². The van der Waals surface area contributed by atoms with Gasteiger partial charge in [0.1, 0.15) is 0 Å². The maximum absolute atomic E-state index is 11.9. The molecule has 18 heavy (non-hydrogen) atoms. The third-order valence-electron chi connectivity index (χ3n) is 2.50. The van der Waals surface area contributed by atoms with Crippen molar-refractivity contribution in [3.8, 4) is 11.6 Å². The van der Waals surface area contributed by atoms with Gasteiger partial charge in [-0.15, -0.1) is 0 Å². The lowest BCUT2D eigenvalue weighted by molar-refractivity contribution is 0.0641. The van der Waals surface area contributed by atoms with E-state index in [9.17, 15) is 9.59 Å². The topological polar surface area (TPSA) is 65.5 Å². The smallest absolute Gasteiger partial charge is 0.345 e. The minimum Gasteiger partial charge on any atom is -0.417 e. The number of rotatable bonds is 0. The highest BCUT2D eigenvalue weighted by Gasteiger charge is 2.25. The van der Waals surface area contributed by atoms with Crippen LogP contribution in [0.25, 0.3) is 0 Å². The van der Waals surface area contributed by atoms with Crippen LogP contribution in [-0.4, -0.2) is 16.9 Å². The quantitative estimate of drug-likeness (QED) is 0.658. The van der Waals surface area contributed by atoms with Crippen molar-refractivity contribution < 1.29 is 19.1 Å². The Kier molecular flexibility index (Phi) is 2.30. The zero-order chi connectivity index (χ0) is 12.5. The van der Waals surface area contributed by atoms with Crippen molar-refractivity contribution in [3.05, 3.63) is 53.7 Å². The Hall–Kier alpha value is -2.69. The molecule has 1 aromatic carbocycles. The fraction of sp³-hybridized carbons (Fsp3) is 0. The lowest BCUT2D eigenvalue weighted by Gasteiger charge is -2.14. The minimum absolute atomic E-state index is 0.00893. The van der Waals surface area contributed by atoms with Gasteiger partial charge in [-0.05, 0) is 24.3 Å². The van der Waals surface area contributed by atoms with Gasteiger partial charge in [-0.25, -0.2) is 14.6 Å². The van der Waals surface area contributed by atoms with Gasteiger partial charge in [0, 0.05) is 6.20 Å². The van der Waals surface area contributed by atoms with Gasteiger partial charge in [-0.3, -0.25) is 0 Å². The van der Waals surface area contributed by atoms with Crippen molar-refractivity contribution in [1.29, 1.82) is 0 Å². The summed E-state index contributed by atoms with van der Waals surface area (Å²) in [6.07, 6.45) is 1.45. The summed E-state index contributed by atoms with van der Waals surface area (Å²) in [6.45, 7) is 0. The van der Waals surface area contributed by atoms with Crippen LogP contribution in [-0.2, 0) is 0 Å². The molecule has 2 aromatic rings. The molecule has 0 aliphatic carbocycles. The van der Waals surface area contributed by atoms with Gasteiger partial charge in [-0.2, -0.15) is 0 Å². The van der Waals surface area contributed by atoms with Gasteiger partial charge in [0.05, 0.1) is 11.1 Å². The Morgan fingerprint density at radius 1 is 0.833 bits per heavy atom. The lowest BCUT2D eigenvalue weighted by atomic mass is 10.1. The molecule has 3 rings (SSSR count). The van der Waals surface area contributed by atoms with Crippen LogP contribution in [0.3, 0.4) is 0 Å². The van der Waals surface area contributed by atoms with Crippen LogP contribution >= 0.6 is 0 Å². The lowest BCUT2D eigenvalue weighted by Crippen LogP contribution is -2.21. The zero-order valence-electron chi connectivity index (χ0n) is 9.12. The molecule has 1 aliphatic rings. The molecule has 0 unspecified atom stereocenters. The average molecular weight is 241 g/mol. The maximum atomic E-state index is 11.9. The molecule has 0 saturated carbocycles. The summed E-state index contributed by atoms with van der Waals surface area (Å²) in [4.78, 5) is 27.7. The molecule has 88 valence electrons. The summed E-state index contributed by atoms with van der Waals surface area (Å²) >= 11 is 0. The van der Waals surface area contributed by atoms with E-state index in [-0.39, 0.29) is 22.8 Å². The number of fused-ring (bicyclic) bond motifs is 2. The van der Waals surface area contributed by atoms with Gasteiger partial charge < -0.3 is 9.47 Å². The monoisotopic (exact) mass is 241 g/mol. The third-order valence-corrected chi connectivity index (χ3v) is 2.50. The van der Waals surface area contributed by atoms with Gasteiger partial charge in [0.15, 0.2) is 5.75 Å². The summed E-state index contributed by atoms with van der Waals surface area (Å²) in [5, 5.41) is 0. The molecule has 1 aromatic heterocycles. The van der Waals surface area contributed by atoms with Crippen molar-refractivity contribution >= 4 is 11.9 Å². The summed E-state index contributed by atoms with van der Waals surface area (Å²) in [5.74, 6) is -1.10. The first-order valence-corrected chi connectivity index (χ1v) is 5.24. The minimum atomic E-state index is -0.623. The van der Waals surface area contributed by atoms with Gasteiger partial charge in [0.25, 0.3) is 5.88 Å². The number of nitrogens with zero attached hydrogens (tertiary/aromatic N) is 1. The van der Waals surface area contributed by atoms with E-state index in [4.69, 9.17) is 9.47 Å². The van der Waals surface area contributed by atoms with Crippen molar-refractivity contribution in [2.75, 3.05) is 0 Å². The van der Waals surface area contributed by atoms with E-state index in [1.54, 1.807) is 18.2 Å². The number of esters is 2. The molecule has 5 heteroatoms. The van der Waals surface area contributed by atoms with Gasteiger partial charge in [-0.1, -0.05) is 12.1 Å². The molecular formula is C13H7NO4. The van der Waals surface area contributed by atoms with E-state index in [0.717, 1.165) is 0 Å². The molecule has 2 heterocycles. The number of hydrogen-bond acceptors (Lipinski definition) is 5. The first-order valence-electron chi connectivity index (χ1n) is 5.24. The molecule has 0 radical (unpaired) electrons. The van der Waals surface area contributed by atoms with E-state index < -0.39 is 11.9 Å². The number of hydrogen-bond donors (Lipinski definition) is 0. The highest BCUT2D eigenvalue weighted by atomic mass is 16.6.